The number of carbonyl (C=O) groups excluding carboxylic acids is 1. The Morgan fingerprint density at radius 2 is 1.70 bits per heavy atom. The molecule has 0 bridgehead atoms. The Morgan fingerprint density at radius 3 is 2.20 bits per heavy atom. The van der Waals surface area contributed by atoms with Crippen LogP contribution in [0.1, 0.15) is 51.5 Å². The monoisotopic (exact) mass is 272 g/mol. The van der Waals surface area contributed by atoms with Crippen molar-refractivity contribution in [1.82, 2.24) is 4.90 Å². The lowest BCUT2D eigenvalue weighted by atomic mass is 9.89. The van der Waals surface area contributed by atoms with E-state index in [1.54, 1.807) is 0 Å². The van der Waals surface area contributed by atoms with Crippen LogP contribution in [-0.2, 0) is 10.2 Å². The van der Waals surface area contributed by atoms with E-state index in [0.717, 1.165) is 36.9 Å². The lowest BCUT2D eigenvalue weighted by Gasteiger charge is -2.41. The fourth-order valence-corrected chi connectivity index (χ4v) is 3.62. The molecule has 0 radical (unpaired) electrons. The second kappa shape index (κ2) is 4.80. The van der Waals surface area contributed by atoms with Crippen molar-refractivity contribution in [3.05, 3.63) is 29.8 Å². The number of nitrogens with zero attached hydrogens (tertiary/aromatic N) is 1. The average Bonchev–Trinajstić information content (AvgIpc) is 3.20. The third-order valence-electron chi connectivity index (χ3n) is 5.05. The van der Waals surface area contributed by atoms with E-state index in [1.165, 1.54) is 6.42 Å². The number of benzene rings is 1. The molecule has 108 valence electrons. The highest BCUT2D eigenvalue weighted by Crippen LogP contribution is 2.50. The lowest BCUT2D eigenvalue weighted by Crippen LogP contribution is -2.51. The van der Waals surface area contributed by atoms with E-state index >= 15 is 0 Å². The van der Waals surface area contributed by atoms with E-state index < -0.39 is 0 Å². The molecule has 1 aromatic carbocycles. The van der Waals surface area contributed by atoms with Crippen molar-refractivity contribution in [3.63, 3.8) is 0 Å². The van der Waals surface area contributed by atoms with Crippen LogP contribution in [0, 0.1) is 0 Å². The summed E-state index contributed by atoms with van der Waals surface area (Å²) >= 11 is 0. The van der Waals surface area contributed by atoms with Crippen molar-refractivity contribution in [1.29, 1.82) is 0 Å². The summed E-state index contributed by atoms with van der Waals surface area (Å²) in [5, 5.41) is 0. The molecule has 1 saturated heterocycles. The zero-order chi connectivity index (χ0) is 14.3. The van der Waals surface area contributed by atoms with Crippen LogP contribution in [0.2, 0.25) is 0 Å². The number of carbonyl (C=O) groups is 1. The molecule has 1 aliphatic carbocycles. The summed E-state index contributed by atoms with van der Waals surface area (Å²) in [7, 11) is 0. The Kier molecular flexibility index (Phi) is 3.23. The average molecular weight is 272 g/mol. The Labute approximate surface area is 121 Å². The Hall–Kier alpha value is -1.51. The molecule has 0 aromatic heterocycles. The van der Waals surface area contributed by atoms with Gasteiger partial charge in [-0.3, -0.25) is 4.79 Å². The van der Waals surface area contributed by atoms with Gasteiger partial charge in [-0.1, -0.05) is 12.1 Å². The molecule has 2 N–H and O–H groups in total. The maximum Gasteiger partial charge on any atom is 0.233 e. The summed E-state index contributed by atoms with van der Waals surface area (Å²) in [6.45, 7) is 4.37. The highest BCUT2D eigenvalue weighted by atomic mass is 16.2. The smallest absolute Gasteiger partial charge is 0.233 e. The summed E-state index contributed by atoms with van der Waals surface area (Å²) in [5.74, 6) is 0.335. The van der Waals surface area contributed by atoms with Crippen molar-refractivity contribution < 1.29 is 4.79 Å². The van der Waals surface area contributed by atoms with E-state index in [9.17, 15) is 4.79 Å². The minimum atomic E-state index is -0.256. The van der Waals surface area contributed by atoms with E-state index in [0.29, 0.717) is 18.0 Å². The molecule has 2 atom stereocenters. The summed E-state index contributed by atoms with van der Waals surface area (Å²) in [5.41, 5.74) is 7.40. The molecular formula is C17H24N2O. The number of piperidine rings is 1. The molecular weight excluding hydrogens is 248 g/mol. The minimum Gasteiger partial charge on any atom is -0.399 e. The maximum atomic E-state index is 13.1. The van der Waals surface area contributed by atoms with Crippen LogP contribution >= 0.6 is 0 Å². The minimum absolute atomic E-state index is 0.256. The van der Waals surface area contributed by atoms with Crippen molar-refractivity contribution in [2.45, 2.75) is 63.5 Å². The SMILES string of the molecule is C[C@@H]1CCC[C@H](C)N1C(=O)C1(c2ccc(N)cc2)CC1. The van der Waals surface area contributed by atoms with Crippen molar-refractivity contribution in [3.8, 4) is 0 Å². The van der Waals surface area contributed by atoms with Crippen LogP contribution < -0.4 is 5.73 Å². The number of hydrogen-bond acceptors (Lipinski definition) is 2. The molecule has 1 saturated carbocycles. The van der Waals surface area contributed by atoms with Gasteiger partial charge in [-0.25, -0.2) is 0 Å². The third-order valence-corrected chi connectivity index (χ3v) is 5.05. The van der Waals surface area contributed by atoms with Crippen molar-refractivity contribution in [2.75, 3.05) is 5.73 Å². The molecule has 0 unspecified atom stereocenters. The Morgan fingerprint density at radius 1 is 1.15 bits per heavy atom. The first-order chi connectivity index (χ1) is 9.54. The van der Waals surface area contributed by atoms with Gasteiger partial charge in [0.2, 0.25) is 5.91 Å². The predicted octanol–water partition coefficient (Wildman–Crippen LogP) is 3.09. The molecule has 20 heavy (non-hydrogen) atoms. The number of rotatable bonds is 2. The first-order valence-electron chi connectivity index (χ1n) is 7.73. The van der Waals surface area contributed by atoms with E-state index in [4.69, 9.17) is 5.73 Å². The summed E-state index contributed by atoms with van der Waals surface area (Å²) in [4.78, 5) is 15.2. The first kappa shape index (κ1) is 13.5. The van der Waals surface area contributed by atoms with Gasteiger partial charge in [0.1, 0.15) is 0 Å². The number of amides is 1. The zero-order valence-corrected chi connectivity index (χ0v) is 12.4. The van der Waals surface area contributed by atoms with Gasteiger partial charge >= 0.3 is 0 Å². The van der Waals surface area contributed by atoms with Crippen LogP contribution in [0.15, 0.2) is 24.3 Å². The molecule has 3 nitrogen and oxygen atoms in total. The molecule has 3 rings (SSSR count). The van der Waals surface area contributed by atoms with Crippen LogP contribution in [-0.4, -0.2) is 22.9 Å². The standard InChI is InChI=1S/C17H24N2O/c1-12-4-3-5-13(2)19(12)16(20)17(10-11-17)14-6-8-15(18)9-7-14/h6-9,12-13H,3-5,10-11,18H2,1-2H3/t12-,13+. The molecule has 1 heterocycles. The largest absolute Gasteiger partial charge is 0.399 e. The van der Waals surface area contributed by atoms with Gasteiger partial charge in [0.05, 0.1) is 5.41 Å². The first-order valence-corrected chi connectivity index (χ1v) is 7.73. The van der Waals surface area contributed by atoms with Gasteiger partial charge in [0.15, 0.2) is 0 Å². The maximum absolute atomic E-state index is 13.1. The van der Waals surface area contributed by atoms with Gasteiger partial charge in [-0.15, -0.1) is 0 Å². The number of hydrogen-bond donors (Lipinski definition) is 1. The van der Waals surface area contributed by atoms with Gasteiger partial charge < -0.3 is 10.6 Å². The van der Waals surface area contributed by atoms with Crippen LogP contribution in [0.5, 0.6) is 0 Å². The molecule has 3 heteroatoms. The summed E-state index contributed by atoms with van der Waals surface area (Å²) < 4.78 is 0. The number of anilines is 1. The molecule has 0 spiro atoms. The van der Waals surface area contributed by atoms with Crippen LogP contribution in [0.25, 0.3) is 0 Å². The molecule has 1 amide bonds. The van der Waals surface area contributed by atoms with Crippen LogP contribution in [0.4, 0.5) is 5.69 Å². The second-order valence-electron chi connectivity index (χ2n) is 6.55. The zero-order valence-electron chi connectivity index (χ0n) is 12.4. The number of nitrogen functional groups attached to an aromatic ring is 1. The third kappa shape index (κ3) is 2.09. The molecule has 1 aliphatic heterocycles. The number of likely N-dealkylation sites (tertiary alicyclic amines) is 1. The summed E-state index contributed by atoms with van der Waals surface area (Å²) in [6.07, 6.45) is 5.46. The van der Waals surface area contributed by atoms with E-state index in [-0.39, 0.29) is 5.41 Å². The number of nitrogens with two attached hydrogens (primary N) is 1. The topological polar surface area (TPSA) is 46.3 Å². The lowest BCUT2D eigenvalue weighted by molar-refractivity contribution is -0.140. The molecule has 2 fully saturated rings. The Bertz CT molecular complexity index is 494. The molecule has 1 aromatic rings. The highest BCUT2D eigenvalue weighted by Gasteiger charge is 2.54. The highest BCUT2D eigenvalue weighted by molar-refractivity contribution is 5.92. The van der Waals surface area contributed by atoms with Gasteiger partial charge in [-0.2, -0.15) is 0 Å². The summed E-state index contributed by atoms with van der Waals surface area (Å²) in [6, 6.07) is 8.62. The van der Waals surface area contributed by atoms with E-state index in [2.05, 4.69) is 18.7 Å². The van der Waals surface area contributed by atoms with Crippen LogP contribution in [0.3, 0.4) is 0 Å². The van der Waals surface area contributed by atoms with Crippen molar-refractivity contribution >= 4 is 11.6 Å². The van der Waals surface area contributed by atoms with E-state index in [1.807, 2.05) is 24.3 Å². The second-order valence-corrected chi connectivity index (χ2v) is 6.55. The molecule has 2 aliphatic rings. The quantitative estimate of drug-likeness (QED) is 0.841. The van der Waals surface area contributed by atoms with Gasteiger partial charge in [0, 0.05) is 17.8 Å². The fraction of sp³-hybridized carbons (Fsp3) is 0.588. The van der Waals surface area contributed by atoms with Gasteiger partial charge in [-0.05, 0) is 63.6 Å². The predicted molar refractivity (Wildman–Crippen MR) is 81.4 cm³/mol. The Balaban J connectivity index is 1.87. The fourth-order valence-electron chi connectivity index (χ4n) is 3.62. The van der Waals surface area contributed by atoms with Gasteiger partial charge in [0.25, 0.3) is 0 Å². The van der Waals surface area contributed by atoms with Crippen molar-refractivity contribution in [2.24, 2.45) is 0 Å². The normalized spacial score (nSPS) is 28.2.